The van der Waals surface area contributed by atoms with Crippen LogP contribution in [0.3, 0.4) is 0 Å². The van der Waals surface area contributed by atoms with Gasteiger partial charge >= 0.3 is 0 Å². The van der Waals surface area contributed by atoms with E-state index >= 15 is 0 Å². The van der Waals surface area contributed by atoms with Crippen LogP contribution in [0.15, 0.2) is 6.33 Å². The summed E-state index contributed by atoms with van der Waals surface area (Å²) in [5, 5.41) is 12.6. The molecule has 1 aromatic rings. The SMILES string of the molecule is CSC(CO)C(C)Nc1ncnc(NN)c1C. The van der Waals surface area contributed by atoms with Crippen LogP contribution in [-0.4, -0.2) is 39.2 Å². The predicted molar refractivity (Wildman–Crippen MR) is 72.1 cm³/mol. The van der Waals surface area contributed by atoms with Crippen molar-refractivity contribution < 1.29 is 5.11 Å². The molecule has 0 saturated carbocycles. The highest BCUT2D eigenvalue weighted by Gasteiger charge is 2.17. The molecule has 0 aromatic carbocycles. The number of thioether (sulfide) groups is 1. The third-order valence-corrected chi connectivity index (χ3v) is 3.79. The van der Waals surface area contributed by atoms with Crippen LogP contribution in [0.5, 0.6) is 0 Å². The summed E-state index contributed by atoms with van der Waals surface area (Å²) in [4.78, 5) is 8.18. The van der Waals surface area contributed by atoms with Gasteiger partial charge in [0, 0.05) is 16.9 Å². The van der Waals surface area contributed by atoms with E-state index in [1.54, 1.807) is 11.8 Å². The van der Waals surface area contributed by atoms with E-state index in [4.69, 9.17) is 5.84 Å². The maximum absolute atomic E-state index is 9.22. The van der Waals surface area contributed by atoms with E-state index in [9.17, 15) is 5.11 Å². The van der Waals surface area contributed by atoms with Crippen LogP contribution >= 0.6 is 11.8 Å². The number of aliphatic hydroxyl groups excluding tert-OH is 1. The lowest BCUT2D eigenvalue weighted by Gasteiger charge is -2.22. The maximum Gasteiger partial charge on any atom is 0.148 e. The smallest absolute Gasteiger partial charge is 0.148 e. The van der Waals surface area contributed by atoms with E-state index in [2.05, 4.69) is 20.7 Å². The molecule has 0 spiro atoms. The third kappa shape index (κ3) is 3.45. The van der Waals surface area contributed by atoms with Crippen molar-refractivity contribution in [2.75, 3.05) is 23.6 Å². The number of nitrogens with one attached hydrogen (secondary N) is 2. The Kier molecular flexibility index (Phi) is 5.46. The number of nitrogen functional groups attached to an aromatic ring is 1. The Labute approximate surface area is 105 Å². The molecule has 96 valence electrons. The largest absolute Gasteiger partial charge is 0.395 e. The Balaban J connectivity index is 2.81. The Morgan fingerprint density at radius 1 is 1.47 bits per heavy atom. The lowest BCUT2D eigenvalue weighted by molar-refractivity contribution is 0.288. The normalized spacial score (nSPS) is 14.2. The molecule has 0 aliphatic rings. The Morgan fingerprint density at radius 2 is 2.12 bits per heavy atom. The molecule has 0 fully saturated rings. The fourth-order valence-electron chi connectivity index (χ4n) is 1.49. The summed E-state index contributed by atoms with van der Waals surface area (Å²) in [6, 6.07) is 0.106. The first-order chi connectivity index (χ1) is 8.13. The van der Waals surface area contributed by atoms with Crippen LogP contribution < -0.4 is 16.6 Å². The molecule has 0 radical (unpaired) electrons. The average Bonchev–Trinajstić information content (AvgIpc) is 2.33. The number of hydrogen-bond acceptors (Lipinski definition) is 7. The molecular weight excluding hydrogens is 238 g/mol. The second-order valence-corrected chi connectivity index (χ2v) is 4.81. The fourth-order valence-corrected chi connectivity index (χ4v) is 2.11. The number of hydrazine groups is 1. The molecule has 5 N–H and O–H groups in total. The Bertz CT molecular complexity index is 359. The predicted octanol–water partition coefficient (Wildman–Crippen LogP) is 0.595. The summed E-state index contributed by atoms with van der Waals surface area (Å²) in [6.07, 6.45) is 3.42. The monoisotopic (exact) mass is 257 g/mol. The zero-order valence-corrected chi connectivity index (χ0v) is 11.1. The Morgan fingerprint density at radius 3 is 2.65 bits per heavy atom. The van der Waals surface area contributed by atoms with E-state index in [0.717, 1.165) is 11.4 Å². The van der Waals surface area contributed by atoms with Crippen molar-refractivity contribution in [3.63, 3.8) is 0 Å². The van der Waals surface area contributed by atoms with E-state index in [1.807, 2.05) is 20.1 Å². The second-order valence-electron chi connectivity index (χ2n) is 3.73. The van der Waals surface area contributed by atoms with Crippen molar-refractivity contribution in [3.05, 3.63) is 11.9 Å². The van der Waals surface area contributed by atoms with Gasteiger partial charge in [-0.15, -0.1) is 0 Å². The van der Waals surface area contributed by atoms with Crippen molar-refractivity contribution in [2.45, 2.75) is 25.1 Å². The van der Waals surface area contributed by atoms with Crippen LogP contribution in [0.2, 0.25) is 0 Å². The number of hydrogen-bond donors (Lipinski definition) is 4. The molecule has 17 heavy (non-hydrogen) atoms. The highest BCUT2D eigenvalue weighted by molar-refractivity contribution is 7.99. The highest BCUT2D eigenvalue weighted by atomic mass is 32.2. The average molecular weight is 257 g/mol. The van der Waals surface area contributed by atoms with Gasteiger partial charge in [0.25, 0.3) is 0 Å². The van der Waals surface area contributed by atoms with Crippen LogP contribution in [0.1, 0.15) is 12.5 Å². The zero-order valence-electron chi connectivity index (χ0n) is 10.3. The summed E-state index contributed by atoms with van der Waals surface area (Å²) in [7, 11) is 0. The van der Waals surface area contributed by atoms with Crippen molar-refractivity contribution in [3.8, 4) is 0 Å². The number of rotatable bonds is 6. The minimum Gasteiger partial charge on any atom is -0.395 e. The van der Waals surface area contributed by atoms with Gasteiger partial charge in [-0.2, -0.15) is 11.8 Å². The van der Waals surface area contributed by atoms with Gasteiger partial charge < -0.3 is 15.8 Å². The van der Waals surface area contributed by atoms with E-state index < -0.39 is 0 Å². The molecule has 0 aliphatic carbocycles. The quantitative estimate of drug-likeness (QED) is 0.437. The number of aliphatic hydroxyl groups is 1. The molecule has 2 atom stereocenters. The van der Waals surface area contributed by atoms with Crippen LogP contribution in [0.25, 0.3) is 0 Å². The molecule has 0 aliphatic heterocycles. The lowest BCUT2D eigenvalue weighted by atomic mass is 10.2. The lowest BCUT2D eigenvalue weighted by Crippen LogP contribution is -2.31. The Hall–Kier alpha value is -1.05. The van der Waals surface area contributed by atoms with Gasteiger partial charge in [0.15, 0.2) is 0 Å². The van der Waals surface area contributed by atoms with Crippen LogP contribution in [0, 0.1) is 6.92 Å². The molecule has 0 amide bonds. The first-order valence-corrected chi connectivity index (χ1v) is 6.61. The summed E-state index contributed by atoms with van der Waals surface area (Å²) in [5.74, 6) is 6.68. The minimum atomic E-state index is 0.106. The standard InChI is InChI=1S/C10H19N5OS/c1-6-9(12-5-13-10(6)15-11)14-7(2)8(4-16)17-3/h5,7-8,16H,4,11H2,1-3H3,(H2,12,13,14,15). The van der Waals surface area contributed by atoms with Gasteiger partial charge in [-0.25, -0.2) is 15.8 Å². The highest BCUT2D eigenvalue weighted by Crippen LogP contribution is 2.20. The van der Waals surface area contributed by atoms with Gasteiger partial charge in [0.05, 0.1) is 6.61 Å². The summed E-state index contributed by atoms with van der Waals surface area (Å²) >= 11 is 1.62. The first-order valence-electron chi connectivity index (χ1n) is 5.32. The van der Waals surface area contributed by atoms with Crippen molar-refractivity contribution in [1.82, 2.24) is 9.97 Å². The second kappa shape index (κ2) is 6.63. The van der Waals surface area contributed by atoms with Gasteiger partial charge in [-0.1, -0.05) is 0 Å². The van der Waals surface area contributed by atoms with Crippen molar-refractivity contribution >= 4 is 23.4 Å². The first kappa shape index (κ1) is 14.0. The number of nitrogens with two attached hydrogens (primary N) is 1. The molecule has 1 aromatic heterocycles. The molecule has 7 heteroatoms. The number of nitrogens with zero attached hydrogens (tertiary/aromatic N) is 2. The molecule has 1 heterocycles. The zero-order chi connectivity index (χ0) is 12.8. The van der Waals surface area contributed by atoms with E-state index in [1.165, 1.54) is 6.33 Å². The van der Waals surface area contributed by atoms with E-state index in [-0.39, 0.29) is 17.9 Å². The van der Waals surface area contributed by atoms with Crippen LogP contribution in [-0.2, 0) is 0 Å². The maximum atomic E-state index is 9.22. The molecule has 1 rings (SSSR count). The van der Waals surface area contributed by atoms with E-state index in [0.29, 0.717) is 5.82 Å². The van der Waals surface area contributed by atoms with Crippen LogP contribution in [0.4, 0.5) is 11.6 Å². The van der Waals surface area contributed by atoms with Gasteiger partial charge in [0.1, 0.15) is 18.0 Å². The topological polar surface area (TPSA) is 96.1 Å². The minimum absolute atomic E-state index is 0.106. The summed E-state index contributed by atoms with van der Waals surface area (Å²) in [5.41, 5.74) is 3.38. The fraction of sp³-hybridized carbons (Fsp3) is 0.600. The molecule has 6 nitrogen and oxygen atoms in total. The number of anilines is 2. The number of aromatic nitrogens is 2. The van der Waals surface area contributed by atoms with Gasteiger partial charge in [0.2, 0.25) is 0 Å². The van der Waals surface area contributed by atoms with Gasteiger partial charge in [-0.3, -0.25) is 0 Å². The van der Waals surface area contributed by atoms with Crippen molar-refractivity contribution in [2.24, 2.45) is 5.84 Å². The molecule has 0 bridgehead atoms. The third-order valence-electron chi connectivity index (χ3n) is 2.63. The van der Waals surface area contributed by atoms with Crippen molar-refractivity contribution in [1.29, 1.82) is 0 Å². The summed E-state index contributed by atoms with van der Waals surface area (Å²) < 4.78 is 0. The van der Waals surface area contributed by atoms with Gasteiger partial charge in [-0.05, 0) is 20.1 Å². The molecule has 2 unspecified atom stereocenters. The molecular formula is C10H19N5OS. The summed E-state index contributed by atoms with van der Waals surface area (Å²) in [6.45, 7) is 4.02. The molecule has 0 saturated heterocycles.